The van der Waals surface area contributed by atoms with Gasteiger partial charge in [0, 0.05) is 12.5 Å². The fourth-order valence-electron chi connectivity index (χ4n) is 2.99. The van der Waals surface area contributed by atoms with Crippen molar-refractivity contribution in [2.24, 2.45) is 0 Å². The fraction of sp³-hybridized carbons (Fsp3) is 0.381. The van der Waals surface area contributed by atoms with Gasteiger partial charge in [0.1, 0.15) is 11.6 Å². The molecular weight excluding hydrogens is 296 g/mol. The first kappa shape index (κ1) is 16.6. The Hall–Kier alpha value is -2.29. The molecule has 1 aromatic heterocycles. The van der Waals surface area contributed by atoms with Crippen molar-refractivity contribution in [3.8, 4) is 5.75 Å². The molecule has 0 amide bonds. The van der Waals surface area contributed by atoms with Crippen LogP contribution in [0.4, 0.5) is 0 Å². The largest absolute Gasteiger partial charge is 0.494 e. The van der Waals surface area contributed by atoms with E-state index in [2.05, 4.69) is 68.7 Å². The molecule has 3 heteroatoms. The first-order valence-electron chi connectivity index (χ1n) is 8.71. The van der Waals surface area contributed by atoms with Gasteiger partial charge < -0.3 is 9.30 Å². The van der Waals surface area contributed by atoms with E-state index in [1.165, 1.54) is 16.6 Å². The van der Waals surface area contributed by atoms with Crippen molar-refractivity contribution in [2.75, 3.05) is 6.61 Å². The predicted octanol–water partition coefficient (Wildman–Crippen LogP) is 5.25. The van der Waals surface area contributed by atoms with Crippen LogP contribution in [0.5, 0.6) is 5.75 Å². The number of fused-ring (bicyclic) bond motifs is 1. The minimum atomic E-state index is 0.415. The quantitative estimate of drug-likeness (QED) is 0.580. The fourth-order valence-corrected chi connectivity index (χ4v) is 2.99. The molecule has 1 heterocycles. The van der Waals surface area contributed by atoms with Crippen molar-refractivity contribution in [3.63, 3.8) is 0 Å². The molecule has 0 aliphatic carbocycles. The molecule has 0 N–H and O–H groups in total. The van der Waals surface area contributed by atoms with E-state index in [0.717, 1.165) is 30.1 Å². The zero-order valence-corrected chi connectivity index (χ0v) is 15.0. The topological polar surface area (TPSA) is 27.1 Å². The van der Waals surface area contributed by atoms with Gasteiger partial charge in [0.25, 0.3) is 0 Å². The Kier molecular flexibility index (Phi) is 4.89. The average Bonchev–Trinajstić information content (AvgIpc) is 2.94. The van der Waals surface area contributed by atoms with Crippen molar-refractivity contribution < 1.29 is 4.74 Å². The lowest BCUT2D eigenvalue weighted by Crippen LogP contribution is -2.09. The lowest BCUT2D eigenvalue weighted by atomic mass is 10.1. The molecule has 0 aliphatic heterocycles. The minimum Gasteiger partial charge on any atom is -0.494 e. The van der Waals surface area contributed by atoms with Gasteiger partial charge in [-0.05, 0) is 55.7 Å². The number of benzene rings is 2. The molecule has 0 fully saturated rings. The van der Waals surface area contributed by atoms with Gasteiger partial charge in [-0.2, -0.15) is 0 Å². The minimum absolute atomic E-state index is 0.415. The third kappa shape index (κ3) is 3.45. The standard InChI is InChI=1S/C21H26N2O/c1-15(2)21-22-19-8-5-6-9-20(19)23(21)12-7-13-24-18-11-10-16(3)17(4)14-18/h5-6,8-11,14-15H,7,12-13H2,1-4H3. The first-order valence-corrected chi connectivity index (χ1v) is 8.71. The summed E-state index contributed by atoms with van der Waals surface area (Å²) in [4.78, 5) is 4.79. The number of aromatic nitrogens is 2. The van der Waals surface area contributed by atoms with Crippen LogP contribution in [0, 0.1) is 13.8 Å². The van der Waals surface area contributed by atoms with Gasteiger partial charge >= 0.3 is 0 Å². The zero-order chi connectivity index (χ0) is 17.1. The van der Waals surface area contributed by atoms with Crippen LogP contribution < -0.4 is 4.74 Å². The van der Waals surface area contributed by atoms with Crippen LogP contribution in [0.25, 0.3) is 11.0 Å². The van der Waals surface area contributed by atoms with Crippen molar-refractivity contribution in [1.82, 2.24) is 9.55 Å². The number of hydrogen-bond donors (Lipinski definition) is 0. The Morgan fingerprint density at radius 3 is 2.58 bits per heavy atom. The first-order chi connectivity index (χ1) is 11.6. The van der Waals surface area contributed by atoms with Gasteiger partial charge in [-0.1, -0.05) is 32.0 Å². The van der Waals surface area contributed by atoms with Gasteiger partial charge in [0.15, 0.2) is 0 Å². The lowest BCUT2D eigenvalue weighted by Gasteiger charge is -2.12. The van der Waals surface area contributed by atoms with Gasteiger partial charge in [-0.25, -0.2) is 4.98 Å². The summed E-state index contributed by atoms with van der Waals surface area (Å²) >= 11 is 0. The van der Waals surface area contributed by atoms with Gasteiger partial charge in [-0.15, -0.1) is 0 Å². The number of imidazole rings is 1. The number of aryl methyl sites for hydroxylation is 3. The highest BCUT2D eigenvalue weighted by Gasteiger charge is 2.12. The molecule has 0 radical (unpaired) electrons. The summed E-state index contributed by atoms with van der Waals surface area (Å²) in [5, 5.41) is 0. The molecule has 3 rings (SSSR count). The number of rotatable bonds is 6. The second kappa shape index (κ2) is 7.08. The van der Waals surface area contributed by atoms with E-state index in [4.69, 9.17) is 9.72 Å². The lowest BCUT2D eigenvalue weighted by molar-refractivity contribution is 0.301. The molecule has 0 aliphatic rings. The average molecular weight is 322 g/mol. The molecule has 24 heavy (non-hydrogen) atoms. The Balaban J connectivity index is 1.67. The molecule has 0 saturated carbocycles. The monoisotopic (exact) mass is 322 g/mol. The molecule has 3 aromatic rings. The van der Waals surface area contributed by atoms with Crippen LogP contribution in [0.2, 0.25) is 0 Å². The van der Waals surface area contributed by atoms with Crippen molar-refractivity contribution in [3.05, 3.63) is 59.4 Å². The normalized spacial score (nSPS) is 11.4. The predicted molar refractivity (Wildman–Crippen MR) is 99.9 cm³/mol. The number of hydrogen-bond acceptors (Lipinski definition) is 2. The zero-order valence-electron chi connectivity index (χ0n) is 15.0. The van der Waals surface area contributed by atoms with Gasteiger partial charge in [0.05, 0.1) is 17.6 Å². The van der Waals surface area contributed by atoms with E-state index >= 15 is 0 Å². The highest BCUT2D eigenvalue weighted by Crippen LogP contribution is 2.22. The summed E-state index contributed by atoms with van der Waals surface area (Å²) in [5.74, 6) is 2.53. The molecule has 0 bridgehead atoms. The number of para-hydroxylation sites is 2. The van der Waals surface area contributed by atoms with E-state index < -0.39 is 0 Å². The van der Waals surface area contributed by atoms with Crippen LogP contribution in [-0.2, 0) is 6.54 Å². The highest BCUT2D eigenvalue weighted by atomic mass is 16.5. The maximum Gasteiger partial charge on any atom is 0.119 e. The van der Waals surface area contributed by atoms with Gasteiger partial charge in [0.2, 0.25) is 0 Å². The van der Waals surface area contributed by atoms with Crippen LogP contribution in [0.3, 0.4) is 0 Å². The van der Waals surface area contributed by atoms with E-state index in [1.807, 2.05) is 6.07 Å². The second-order valence-electron chi connectivity index (χ2n) is 6.71. The Morgan fingerprint density at radius 1 is 1.04 bits per heavy atom. The second-order valence-corrected chi connectivity index (χ2v) is 6.71. The highest BCUT2D eigenvalue weighted by molar-refractivity contribution is 5.76. The van der Waals surface area contributed by atoms with Crippen molar-refractivity contribution in [2.45, 2.75) is 46.6 Å². The summed E-state index contributed by atoms with van der Waals surface area (Å²) in [6.45, 7) is 10.3. The molecule has 0 saturated heterocycles. The van der Waals surface area contributed by atoms with Crippen LogP contribution in [-0.4, -0.2) is 16.2 Å². The van der Waals surface area contributed by atoms with Crippen molar-refractivity contribution >= 4 is 11.0 Å². The van der Waals surface area contributed by atoms with Gasteiger partial charge in [-0.3, -0.25) is 0 Å². The Morgan fingerprint density at radius 2 is 1.83 bits per heavy atom. The Bertz CT molecular complexity index is 833. The molecule has 126 valence electrons. The molecule has 3 nitrogen and oxygen atoms in total. The van der Waals surface area contributed by atoms with Crippen LogP contribution >= 0.6 is 0 Å². The molecular formula is C21H26N2O. The number of ether oxygens (including phenoxy) is 1. The third-order valence-corrected chi connectivity index (χ3v) is 4.47. The van der Waals surface area contributed by atoms with Crippen molar-refractivity contribution in [1.29, 1.82) is 0 Å². The summed E-state index contributed by atoms with van der Waals surface area (Å²) in [6.07, 6.45) is 0.965. The molecule has 0 atom stereocenters. The third-order valence-electron chi connectivity index (χ3n) is 4.47. The number of nitrogens with zero attached hydrogens (tertiary/aromatic N) is 2. The van der Waals surface area contributed by atoms with E-state index in [0.29, 0.717) is 12.5 Å². The molecule has 2 aromatic carbocycles. The molecule has 0 unspecified atom stereocenters. The summed E-state index contributed by atoms with van der Waals surface area (Å²) in [7, 11) is 0. The maximum absolute atomic E-state index is 5.92. The SMILES string of the molecule is Cc1ccc(OCCCn2c(C(C)C)nc3ccccc32)cc1C. The van der Waals surface area contributed by atoms with E-state index in [1.54, 1.807) is 0 Å². The molecule has 0 spiro atoms. The van der Waals surface area contributed by atoms with Crippen LogP contribution in [0.15, 0.2) is 42.5 Å². The summed E-state index contributed by atoms with van der Waals surface area (Å²) < 4.78 is 8.26. The Labute approximate surface area is 144 Å². The summed E-state index contributed by atoms with van der Waals surface area (Å²) in [6, 6.07) is 14.6. The van der Waals surface area contributed by atoms with E-state index in [-0.39, 0.29) is 0 Å². The van der Waals surface area contributed by atoms with E-state index in [9.17, 15) is 0 Å². The summed E-state index contributed by atoms with van der Waals surface area (Å²) in [5.41, 5.74) is 4.87. The maximum atomic E-state index is 5.92. The smallest absolute Gasteiger partial charge is 0.119 e. The van der Waals surface area contributed by atoms with Crippen LogP contribution in [0.1, 0.15) is 43.1 Å².